The number of aryl methyl sites for hydroxylation is 2. The largest absolute Gasteiger partial charge is 0.449 e. The Morgan fingerprint density at radius 1 is 1.35 bits per heavy atom. The highest BCUT2D eigenvalue weighted by Crippen LogP contribution is 2.55. The molecule has 1 aromatic heterocycles. The Morgan fingerprint density at radius 2 is 2.10 bits per heavy atom. The molecule has 0 radical (unpaired) electrons. The minimum Gasteiger partial charge on any atom is -0.449 e. The van der Waals surface area contributed by atoms with Crippen LogP contribution < -0.4 is 16.4 Å². The Bertz CT molecular complexity index is 1090. The lowest BCUT2D eigenvalue weighted by atomic mass is 9.82. The van der Waals surface area contributed by atoms with Crippen LogP contribution in [-0.2, 0) is 19.1 Å². The fraction of sp³-hybridized carbons (Fsp3) is 0.500. The number of hydrogen-bond donors (Lipinski definition) is 3. The van der Waals surface area contributed by atoms with Gasteiger partial charge in [-0.3, -0.25) is 9.59 Å². The molecule has 5 rings (SSSR count). The number of carbonyl (C=O) groups is 3. The minimum absolute atomic E-state index is 0.0776. The van der Waals surface area contributed by atoms with E-state index < -0.39 is 17.7 Å². The topological polar surface area (TPSA) is 146 Å². The summed E-state index contributed by atoms with van der Waals surface area (Å²) >= 11 is 1.41. The number of hydrogen-bond acceptors (Lipinski definition) is 10. The first-order valence-electron chi connectivity index (χ1n) is 9.97. The maximum Gasteiger partial charge on any atom is 0.404 e. The number of amides is 1. The number of rotatable bonds is 5. The number of fused-ring (bicyclic) bond motifs is 4. The van der Waals surface area contributed by atoms with Gasteiger partial charge in [0.25, 0.3) is 0 Å². The van der Waals surface area contributed by atoms with E-state index in [0.717, 1.165) is 10.6 Å². The van der Waals surface area contributed by atoms with Gasteiger partial charge in [-0.1, -0.05) is 0 Å². The molecule has 3 aliphatic heterocycles. The van der Waals surface area contributed by atoms with Crippen molar-refractivity contribution >= 4 is 34.1 Å². The van der Waals surface area contributed by atoms with E-state index in [1.165, 1.54) is 11.3 Å². The van der Waals surface area contributed by atoms with Crippen LogP contribution in [0.25, 0.3) is 0 Å². The van der Waals surface area contributed by atoms with Gasteiger partial charge in [-0.25, -0.2) is 9.78 Å². The highest BCUT2D eigenvalue weighted by Gasteiger charge is 2.72. The molecule has 164 valence electrons. The molecule has 4 atom stereocenters. The van der Waals surface area contributed by atoms with Crippen molar-refractivity contribution in [3.8, 4) is 0 Å². The molecule has 4 N–H and O–H groups in total. The predicted octanol–water partition coefficient (Wildman–Crippen LogP) is 0.576. The van der Waals surface area contributed by atoms with Gasteiger partial charge in [0.15, 0.2) is 10.9 Å². The lowest BCUT2D eigenvalue weighted by Gasteiger charge is -2.39. The number of ether oxygens (including phenoxy) is 2. The van der Waals surface area contributed by atoms with Crippen molar-refractivity contribution in [2.45, 2.75) is 38.6 Å². The fourth-order valence-corrected chi connectivity index (χ4v) is 5.89. The molecule has 0 aromatic carbocycles. The Kier molecular flexibility index (Phi) is 4.30. The molecule has 2 fully saturated rings. The summed E-state index contributed by atoms with van der Waals surface area (Å²) in [7, 11) is 1.54. The lowest BCUT2D eigenvalue weighted by molar-refractivity contribution is -0.137. The molecule has 0 bridgehead atoms. The second-order valence-electron chi connectivity index (χ2n) is 8.21. The van der Waals surface area contributed by atoms with E-state index in [9.17, 15) is 14.4 Å². The van der Waals surface area contributed by atoms with Crippen LogP contribution in [0.5, 0.6) is 0 Å². The first-order valence-corrected chi connectivity index (χ1v) is 10.8. The normalized spacial score (nSPS) is 31.1. The molecule has 31 heavy (non-hydrogen) atoms. The van der Waals surface area contributed by atoms with Crippen LogP contribution in [0.15, 0.2) is 22.5 Å². The van der Waals surface area contributed by atoms with Crippen molar-refractivity contribution in [3.05, 3.63) is 33.1 Å². The summed E-state index contributed by atoms with van der Waals surface area (Å²) in [5.74, 6) is -1.23. The van der Waals surface area contributed by atoms with Crippen LogP contribution in [0.4, 0.5) is 9.93 Å². The second kappa shape index (κ2) is 6.62. The smallest absolute Gasteiger partial charge is 0.404 e. The highest BCUT2D eigenvalue weighted by molar-refractivity contribution is 7.15. The number of nitrogens with two attached hydrogens (primary N) is 1. The van der Waals surface area contributed by atoms with Gasteiger partial charge in [-0.15, -0.1) is 11.3 Å². The van der Waals surface area contributed by atoms with E-state index in [0.29, 0.717) is 28.5 Å². The number of thiazole rings is 1. The van der Waals surface area contributed by atoms with Crippen molar-refractivity contribution in [1.29, 1.82) is 0 Å². The Balaban J connectivity index is 1.57. The van der Waals surface area contributed by atoms with Crippen molar-refractivity contribution in [3.63, 3.8) is 0 Å². The van der Waals surface area contributed by atoms with Gasteiger partial charge in [0.2, 0.25) is 11.6 Å². The number of nitrogens with zero attached hydrogens (tertiary/aromatic N) is 2. The molecule has 1 aliphatic carbocycles. The van der Waals surface area contributed by atoms with Crippen LogP contribution in [0, 0.1) is 19.8 Å². The van der Waals surface area contributed by atoms with E-state index in [4.69, 9.17) is 15.2 Å². The number of methoxy groups -OCH3 is 1. The average Bonchev–Trinajstić information content (AvgIpc) is 3.20. The maximum atomic E-state index is 13.7. The number of Topliss-reactive ketones (excluding diaryl/α,β-unsaturated/α-hetero) is 2. The zero-order valence-electron chi connectivity index (χ0n) is 17.6. The van der Waals surface area contributed by atoms with Crippen molar-refractivity contribution in [2.24, 2.45) is 11.7 Å². The third-order valence-electron chi connectivity index (χ3n) is 6.69. The Hall–Kier alpha value is -2.76. The van der Waals surface area contributed by atoms with Gasteiger partial charge >= 0.3 is 6.09 Å². The van der Waals surface area contributed by atoms with Crippen LogP contribution in [0.1, 0.15) is 17.5 Å². The first kappa shape index (κ1) is 20.2. The summed E-state index contributed by atoms with van der Waals surface area (Å²) in [6.45, 7) is 5.83. The zero-order chi connectivity index (χ0) is 22.2. The molecule has 11 heteroatoms. The van der Waals surface area contributed by atoms with Gasteiger partial charge in [0.1, 0.15) is 6.61 Å². The van der Waals surface area contributed by atoms with Gasteiger partial charge in [0.05, 0.1) is 29.0 Å². The SMILES string of the molecule is COC12[C@@H]3N[C@@H]3CN1C1=C(C(=O)C(Nc3nc(C)c(C)s3)=C(C)C1=O)[C@@H]2COC(N)=O. The van der Waals surface area contributed by atoms with Crippen LogP contribution in [0.3, 0.4) is 0 Å². The third-order valence-corrected chi connectivity index (χ3v) is 7.68. The molecule has 10 nitrogen and oxygen atoms in total. The number of allylic oxidation sites excluding steroid dienone is 2. The standard InChI is InChI=1S/C20H23N5O5S/c1-7-13(24-19-22-8(2)9(3)31-19)16(27)12-10(6-30-18(21)28)20(29-4)17-11(23-17)5-25(20)14(12)15(7)26/h10-11,17,23H,5-6H2,1-4H3,(H2,21,28)(H,22,24)/t10-,11+,17+,20?/m0/s1. The molecule has 0 spiro atoms. The van der Waals surface area contributed by atoms with E-state index in [1.54, 1.807) is 14.0 Å². The maximum absolute atomic E-state index is 13.7. The number of piperazine rings is 1. The van der Waals surface area contributed by atoms with Gasteiger partial charge < -0.3 is 30.7 Å². The lowest BCUT2D eigenvalue weighted by Crippen LogP contribution is -2.55. The molecule has 1 amide bonds. The van der Waals surface area contributed by atoms with Crippen molar-refractivity contribution in [2.75, 3.05) is 25.6 Å². The predicted molar refractivity (Wildman–Crippen MR) is 111 cm³/mol. The Morgan fingerprint density at radius 3 is 2.71 bits per heavy atom. The van der Waals surface area contributed by atoms with Crippen molar-refractivity contribution in [1.82, 2.24) is 15.2 Å². The molecular weight excluding hydrogens is 422 g/mol. The molecule has 1 aromatic rings. The van der Waals surface area contributed by atoms with Crippen LogP contribution in [-0.4, -0.2) is 65.6 Å². The van der Waals surface area contributed by atoms with Crippen molar-refractivity contribution < 1.29 is 23.9 Å². The molecule has 4 aliphatic rings. The Labute approximate surface area is 182 Å². The number of carbonyl (C=O) groups excluding carboxylic acids is 3. The second-order valence-corrected chi connectivity index (χ2v) is 9.41. The average molecular weight is 446 g/mol. The summed E-state index contributed by atoms with van der Waals surface area (Å²) in [4.78, 5) is 45.8. The molecular formula is C20H23N5O5S. The summed E-state index contributed by atoms with van der Waals surface area (Å²) in [6.07, 6.45) is -0.946. The fourth-order valence-electron chi connectivity index (χ4n) is 5.07. The van der Waals surface area contributed by atoms with Gasteiger partial charge in [-0.05, 0) is 20.8 Å². The molecule has 1 unspecified atom stereocenters. The summed E-state index contributed by atoms with van der Waals surface area (Å²) in [5.41, 5.74) is 6.21. The van der Waals surface area contributed by atoms with E-state index in [-0.39, 0.29) is 36.0 Å². The summed E-state index contributed by atoms with van der Waals surface area (Å²) in [6, 6.07) is 0.0733. The van der Waals surface area contributed by atoms with Gasteiger partial charge in [0, 0.05) is 35.7 Å². The highest BCUT2D eigenvalue weighted by atomic mass is 32.1. The number of anilines is 1. The first-order chi connectivity index (χ1) is 14.7. The number of aromatic nitrogens is 1. The third kappa shape index (κ3) is 2.63. The molecule has 2 saturated heterocycles. The van der Waals surface area contributed by atoms with E-state index >= 15 is 0 Å². The molecule has 0 saturated carbocycles. The number of nitrogens with one attached hydrogen (secondary N) is 2. The minimum atomic E-state index is -0.986. The van der Waals surface area contributed by atoms with Crippen LogP contribution >= 0.6 is 11.3 Å². The summed E-state index contributed by atoms with van der Waals surface area (Å²) < 4.78 is 11.1. The quantitative estimate of drug-likeness (QED) is 0.437. The number of ketones is 2. The van der Waals surface area contributed by atoms with Gasteiger partial charge in [-0.2, -0.15) is 0 Å². The zero-order valence-corrected chi connectivity index (χ0v) is 18.4. The van der Waals surface area contributed by atoms with E-state index in [1.807, 2.05) is 18.7 Å². The van der Waals surface area contributed by atoms with Crippen LogP contribution in [0.2, 0.25) is 0 Å². The van der Waals surface area contributed by atoms with E-state index in [2.05, 4.69) is 15.6 Å². The number of primary amides is 1. The molecule has 4 heterocycles. The monoisotopic (exact) mass is 445 g/mol. The summed E-state index contributed by atoms with van der Waals surface area (Å²) in [5, 5.41) is 6.94.